The van der Waals surface area contributed by atoms with Crippen molar-refractivity contribution in [3.05, 3.63) is 88.3 Å². The molecule has 3 heterocycles. The molecule has 180 valence electrons. The summed E-state index contributed by atoms with van der Waals surface area (Å²) in [5.74, 6) is -0.711. The van der Waals surface area contributed by atoms with Crippen molar-refractivity contribution in [2.45, 2.75) is 32.7 Å². The molecule has 1 amide bonds. The molecule has 2 atom stereocenters. The SMILES string of the molecule is CC1=CC=C(Cl)C=C(C(=O)Nc2cnn3ccc(N4CCCC4c4cc(F)ccc4F)nc23)C1C. The molecule has 1 saturated heterocycles. The highest BCUT2D eigenvalue weighted by Gasteiger charge is 2.30. The number of rotatable bonds is 4. The van der Waals surface area contributed by atoms with Crippen LogP contribution in [-0.4, -0.2) is 27.0 Å². The van der Waals surface area contributed by atoms with Crippen LogP contribution in [0.5, 0.6) is 0 Å². The molecule has 0 radical (unpaired) electrons. The largest absolute Gasteiger partial charge is 0.349 e. The number of carbonyl (C=O) groups excluding carboxylic acids is 1. The lowest BCUT2D eigenvalue weighted by molar-refractivity contribution is -0.113. The van der Waals surface area contributed by atoms with Gasteiger partial charge in [0.05, 0.1) is 12.2 Å². The fourth-order valence-electron chi connectivity index (χ4n) is 4.62. The summed E-state index contributed by atoms with van der Waals surface area (Å²) >= 11 is 6.22. The minimum atomic E-state index is -0.473. The van der Waals surface area contributed by atoms with Crippen molar-refractivity contribution < 1.29 is 13.6 Å². The van der Waals surface area contributed by atoms with Gasteiger partial charge < -0.3 is 10.2 Å². The number of anilines is 2. The van der Waals surface area contributed by atoms with Gasteiger partial charge in [0.25, 0.3) is 5.91 Å². The highest BCUT2D eigenvalue weighted by Crippen LogP contribution is 2.37. The van der Waals surface area contributed by atoms with E-state index in [1.807, 2.05) is 24.8 Å². The number of benzene rings is 1. The number of carbonyl (C=O) groups is 1. The van der Waals surface area contributed by atoms with Crippen LogP contribution >= 0.6 is 11.6 Å². The first-order valence-electron chi connectivity index (χ1n) is 11.4. The summed E-state index contributed by atoms with van der Waals surface area (Å²) in [6.07, 6.45) is 10.1. The average molecular weight is 496 g/mol. The first kappa shape index (κ1) is 23.2. The molecule has 0 saturated carbocycles. The van der Waals surface area contributed by atoms with Crippen LogP contribution in [0.2, 0.25) is 0 Å². The van der Waals surface area contributed by atoms with Gasteiger partial charge in [0.15, 0.2) is 5.65 Å². The maximum Gasteiger partial charge on any atom is 0.252 e. The number of amides is 1. The van der Waals surface area contributed by atoms with Gasteiger partial charge in [0.2, 0.25) is 0 Å². The topological polar surface area (TPSA) is 62.5 Å². The summed E-state index contributed by atoms with van der Waals surface area (Å²) < 4.78 is 29.9. The predicted octanol–water partition coefficient (Wildman–Crippen LogP) is 5.93. The van der Waals surface area contributed by atoms with Gasteiger partial charge in [-0.05, 0) is 56.2 Å². The molecular weight excluding hydrogens is 472 g/mol. The maximum absolute atomic E-state index is 14.5. The Kier molecular flexibility index (Phi) is 6.15. The predicted molar refractivity (Wildman–Crippen MR) is 132 cm³/mol. The molecule has 6 nitrogen and oxygen atoms in total. The standard InChI is InChI=1S/C26H24ClF2N5O/c1-15-5-6-17(27)12-19(16(15)2)26(35)31-22-14-30-34-11-9-24(32-25(22)34)33-10-3-4-23(33)20-13-18(28)7-8-21(20)29/h5-9,11-14,16,23H,3-4,10H2,1-2H3,(H,31,35). The summed E-state index contributed by atoms with van der Waals surface area (Å²) in [7, 11) is 0. The van der Waals surface area contributed by atoms with Crippen molar-refractivity contribution in [2.75, 3.05) is 16.8 Å². The summed E-state index contributed by atoms with van der Waals surface area (Å²) in [5.41, 5.74) is 2.77. The van der Waals surface area contributed by atoms with Crippen LogP contribution in [-0.2, 0) is 4.79 Å². The van der Waals surface area contributed by atoms with Crippen LogP contribution in [0, 0.1) is 17.6 Å². The summed E-state index contributed by atoms with van der Waals surface area (Å²) in [6, 6.07) is 4.98. The third kappa shape index (κ3) is 4.46. The Morgan fingerprint density at radius 3 is 2.89 bits per heavy atom. The van der Waals surface area contributed by atoms with Crippen molar-refractivity contribution >= 4 is 34.7 Å². The minimum Gasteiger partial charge on any atom is -0.349 e. The lowest BCUT2D eigenvalue weighted by Gasteiger charge is -2.26. The fraction of sp³-hybridized carbons (Fsp3) is 0.269. The maximum atomic E-state index is 14.5. The molecule has 2 aromatic heterocycles. The van der Waals surface area contributed by atoms with Crippen LogP contribution in [0.15, 0.2) is 71.1 Å². The molecule has 9 heteroatoms. The van der Waals surface area contributed by atoms with Gasteiger partial charge in [-0.15, -0.1) is 0 Å². The van der Waals surface area contributed by atoms with E-state index in [-0.39, 0.29) is 17.9 Å². The summed E-state index contributed by atoms with van der Waals surface area (Å²) in [4.78, 5) is 19.9. The van der Waals surface area contributed by atoms with Crippen LogP contribution in [0.4, 0.5) is 20.3 Å². The molecule has 1 aliphatic carbocycles. The van der Waals surface area contributed by atoms with E-state index < -0.39 is 11.6 Å². The zero-order valence-electron chi connectivity index (χ0n) is 19.3. The molecule has 1 aliphatic heterocycles. The van der Waals surface area contributed by atoms with Crippen LogP contribution in [0.25, 0.3) is 5.65 Å². The molecule has 0 bridgehead atoms. The van der Waals surface area contributed by atoms with Gasteiger partial charge in [0, 0.05) is 34.8 Å². The van der Waals surface area contributed by atoms with Crippen LogP contribution < -0.4 is 10.2 Å². The molecule has 2 aliphatic rings. The zero-order chi connectivity index (χ0) is 24.7. The van der Waals surface area contributed by atoms with Gasteiger partial charge in [-0.25, -0.2) is 18.3 Å². The second-order valence-electron chi connectivity index (χ2n) is 8.87. The van der Waals surface area contributed by atoms with Crippen molar-refractivity contribution in [3.63, 3.8) is 0 Å². The Bertz CT molecular complexity index is 1410. The smallest absolute Gasteiger partial charge is 0.252 e. The van der Waals surface area contributed by atoms with Gasteiger partial charge in [0.1, 0.15) is 23.1 Å². The molecule has 5 rings (SSSR count). The number of nitrogens with zero attached hydrogens (tertiary/aromatic N) is 4. The van der Waals surface area contributed by atoms with E-state index in [1.54, 1.807) is 35.1 Å². The number of nitrogens with one attached hydrogen (secondary N) is 1. The molecule has 0 spiro atoms. The van der Waals surface area contributed by atoms with E-state index in [4.69, 9.17) is 16.6 Å². The van der Waals surface area contributed by atoms with Gasteiger partial charge in [-0.1, -0.05) is 30.2 Å². The number of hydrogen-bond donors (Lipinski definition) is 1. The van der Waals surface area contributed by atoms with Crippen molar-refractivity contribution in [3.8, 4) is 0 Å². The van der Waals surface area contributed by atoms with Gasteiger partial charge >= 0.3 is 0 Å². The van der Waals surface area contributed by atoms with Crippen molar-refractivity contribution in [1.29, 1.82) is 0 Å². The molecule has 1 fully saturated rings. The highest BCUT2D eigenvalue weighted by atomic mass is 35.5. The normalized spacial score (nSPS) is 20.4. The first-order valence-corrected chi connectivity index (χ1v) is 11.8. The highest BCUT2D eigenvalue weighted by molar-refractivity contribution is 6.31. The van der Waals surface area contributed by atoms with Crippen molar-refractivity contribution in [1.82, 2.24) is 14.6 Å². The monoisotopic (exact) mass is 495 g/mol. The van der Waals surface area contributed by atoms with E-state index in [0.29, 0.717) is 46.3 Å². The van der Waals surface area contributed by atoms with Crippen LogP contribution in [0.1, 0.15) is 38.3 Å². The Labute approximate surface area is 206 Å². The summed E-state index contributed by atoms with van der Waals surface area (Å²) in [5, 5.41) is 7.69. The van der Waals surface area contributed by atoms with Gasteiger partial charge in [-0.2, -0.15) is 5.10 Å². The minimum absolute atomic E-state index is 0.112. The molecule has 35 heavy (non-hydrogen) atoms. The number of fused-ring (bicyclic) bond motifs is 1. The summed E-state index contributed by atoms with van der Waals surface area (Å²) in [6.45, 7) is 4.56. The zero-order valence-corrected chi connectivity index (χ0v) is 20.1. The lowest BCUT2D eigenvalue weighted by Crippen LogP contribution is -2.24. The van der Waals surface area contributed by atoms with Crippen molar-refractivity contribution in [2.24, 2.45) is 5.92 Å². The fourth-order valence-corrected chi connectivity index (χ4v) is 4.80. The number of hydrogen-bond acceptors (Lipinski definition) is 4. The molecule has 3 aromatic rings. The van der Waals surface area contributed by atoms with Gasteiger partial charge in [-0.3, -0.25) is 4.79 Å². The average Bonchev–Trinajstić information content (AvgIpc) is 3.46. The number of aromatic nitrogens is 3. The van der Waals surface area contributed by atoms with E-state index in [9.17, 15) is 13.6 Å². The third-order valence-electron chi connectivity index (χ3n) is 6.68. The number of allylic oxidation sites excluding steroid dienone is 5. The number of halogens is 3. The van der Waals surface area contributed by atoms with E-state index in [0.717, 1.165) is 24.1 Å². The Balaban J connectivity index is 1.45. The molecule has 2 unspecified atom stereocenters. The third-order valence-corrected chi connectivity index (χ3v) is 6.91. The molecule has 1 N–H and O–H groups in total. The Hall–Kier alpha value is -3.52. The molecular formula is C26H24ClF2N5O. The lowest BCUT2D eigenvalue weighted by atomic mass is 9.93. The first-order chi connectivity index (χ1) is 16.8. The van der Waals surface area contributed by atoms with E-state index in [1.165, 1.54) is 6.07 Å². The van der Waals surface area contributed by atoms with E-state index >= 15 is 0 Å². The molecule has 1 aromatic carbocycles. The Morgan fingerprint density at radius 1 is 1.23 bits per heavy atom. The second-order valence-corrected chi connectivity index (χ2v) is 9.30. The van der Waals surface area contributed by atoms with Crippen LogP contribution in [0.3, 0.4) is 0 Å². The quantitative estimate of drug-likeness (QED) is 0.487. The second kappa shape index (κ2) is 9.26. The Morgan fingerprint density at radius 2 is 2.06 bits per heavy atom. The van der Waals surface area contributed by atoms with E-state index in [2.05, 4.69) is 10.4 Å².